The van der Waals surface area contributed by atoms with Crippen LogP contribution in [0.5, 0.6) is 0 Å². The molecule has 0 aliphatic carbocycles. The maximum absolute atomic E-state index is 12.8. The van der Waals surface area contributed by atoms with Gasteiger partial charge < -0.3 is 5.32 Å². The van der Waals surface area contributed by atoms with Crippen molar-refractivity contribution in [2.75, 3.05) is 10.6 Å². The predicted molar refractivity (Wildman–Crippen MR) is 111 cm³/mol. The number of carbonyl (C=O) groups is 1. The third-order valence-electron chi connectivity index (χ3n) is 4.04. The van der Waals surface area contributed by atoms with Gasteiger partial charge in [0.15, 0.2) is 0 Å². The standard InChI is InChI=1S/C19H22Cl2N2O3S/c1-4-18(19(24)22-12-14-7-5-6-13(2)10-14)23(27(3,25)26)15-8-9-16(20)17(21)11-15/h5-11,18H,4,12H2,1-3H3,(H,22,24). The van der Waals surface area contributed by atoms with Gasteiger partial charge in [0.25, 0.3) is 0 Å². The monoisotopic (exact) mass is 428 g/mol. The van der Waals surface area contributed by atoms with Crippen LogP contribution >= 0.6 is 23.2 Å². The zero-order valence-electron chi connectivity index (χ0n) is 15.4. The summed E-state index contributed by atoms with van der Waals surface area (Å²) in [4.78, 5) is 12.8. The van der Waals surface area contributed by atoms with Crippen molar-refractivity contribution in [3.63, 3.8) is 0 Å². The second kappa shape index (κ2) is 8.95. The molecule has 1 amide bonds. The first-order chi connectivity index (χ1) is 12.6. The molecule has 146 valence electrons. The second-order valence-electron chi connectivity index (χ2n) is 6.29. The Morgan fingerprint density at radius 3 is 2.41 bits per heavy atom. The summed E-state index contributed by atoms with van der Waals surface area (Å²) >= 11 is 12.0. The van der Waals surface area contributed by atoms with Crippen LogP contribution in [-0.2, 0) is 21.4 Å². The normalized spacial score (nSPS) is 12.5. The first kappa shape index (κ1) is 21.5. The van der Waals surface area contributed by atoms with Crippen LogP contribution in [0.25, 0.3) is 0 Å². The van der Waals surface area contributed by atoms with Gasteiger partial charge in [-0.2, -0.15) is 0 Å². The Balaban J connectivity index is 2.28. The molecule has 1 atom stereocenters. The van der Waals surface area contributed by atoms with E-state index in [0.29, 0.717) is 23.7 Å². The SMILES string of the molecule is CCC(C(=O)NCc1cccc(C)c1)N(c1ccc(Cl)c(Cl)c1)S(C)(=O)=O. The predicted octanol–water partition coefficient (Wildman–Crippen LogP) is 4.16. The van der Waals surface area contributed by atoms with Crippen LogP contribution in [0.15, 0.2) is 42.5 Å². The summed E-state index contributed by atoms with van der Waals surface area (Å²) in [5.41, 5.74) is 2.32. The van der Waals surface area contributed by atoms with E-state index in [1.54, 1.807) is 6.92 Å². The molecular formula is C19H22Cl2N2O3S. The number of hydrogen-bond donors (Lipinski definition) is 1. The molecule has 5 nitrogen and oxygen atoms in total. The van der Waals surface area contributed by atoms with Crippen molar-refractivity contribution >= 4 is 44.8 Å². The summed E-state index contributed by atoms with van der Waals surface area (Å²) in [6.07, 6.45) is 1.36. The molecule has 0 radical (unpaired) electrons. The summed E-state index contributed by atoms with van der Waals surface area (Å²) in [5, 5.41) is 3.35. The van der Waals surface area contributed by atoms with Crippen LogP contribution in [0.4, 0.5) is 5.69 Å². The van der Waals surface area contributed by atoms with Crippen molar-refractivity contribution in [3.05, 3.63) is 63.6 Å². The first-order valence-corrected chi connectivity index (χ1v) is 11.0. The maximum atomic E-state index is 12.8. The van der Waals surface area contributed by atoms with Crippen LogP contribution in [0.3, 0.4) is 0 Å². The second-order valence-corrected chi connectivity index (χ2v) is 8.96. The Kier molecular flexibility index (Phi) is 7.14. The average molecular weight is 429 g/mol. The van der Waals surface area contributed by atoms with Crippen LogP contribution in [0, 0.1) is 6.92 Å². The van der Waals surface area contributed by atoms with Crippen molar-refractivity contribution in [3.8, 4) is 0 Å². The largest absolute Gasteiger partial charge is 0.350 e. The number of sulfonamides is 1. The number of benzene rings is 2. The number of aryl methyl sites for hydroxylation is 1. The van der Waals surface area contributed by atoms with Gasteiger partial charge in [-0.15, -0.1) is 0 Å². The number of anilines is 1. The van der Waals surface area contributed by atoms with Gasteiger partial charge in [0.1, 0.15) is 6.04 Å². The number of nitrogens with one attached hydrogen (secondary N) is 1. The Morgan fingerprint density at radius 2 is 1.85 bits per heavy atom. The lowest BCUT2D eigenvalue weighted by Gasteiger charge is -2.30. The number of halogens is 2. The zero-order valence-corrected chi connectivity index (χ0v) is 17.7. The van der Waals surface area contributed by atoms with Crippen LogP contribution in [-0.4, -0.2) is 26.6 Å². The quantitative estimate of drug-likeness (QED) is 0.719. The van der Waals surface area contributed by atoms with Crippen LogP contribution in [0.2, 0.25) is 10.0 Å². The lowest BCUT2D eigenvalue weighted by atomic mass is 10.1. The highest BCUT2D eigenvalue weighted by atomic mass is 35.5. The smallest absolute Gasteiger partial charge is 0.244 e. The van der Waals surface area contributed by atoms with E-state index in [-0.39, 0.29) is 10.9 Å². The lowest BCUT2D eigenvalue weighted by molar-refractivity contribution is -0.122. The highest BCUT2D eigenvalue weighted by Gasteiger charge is 2.31. The molecule has 2 aromatic carbocycles. The van der Waals surface area contributed by atoms with Gasteiger partial charge in [0.05, 0.1) is 22.0 Å². The van der Waals surface area contributed by atoms with Gasteiger partial charge in [0.2, 0.25) is 15.9 Å². The molecule has 0 aromatic heterocycles. The highest BCUT2D eigenvalue weighted by Crippen LogP contribution is 2.30. The van der Waals surface area contributed by atoms with Crippen LogP contribution < -0.4 is 9.62 Å². The van der Waals surface area contributed by atoms with Gasteiger partial charge in [-0.3, -0.25) is 9.10 Å². The third-order valence-corrected chi connectivity index (χ3v) is 5.96. The lowest BCUT2D eigenvalue weighted by Crippen LogP contribution is -2.49. The molecule has 0 fully saturated rings. The number of nitrogens with zero attached hydrogens (tertiary/aromatic N) is 1. The molecule has 1 unspecified atom stereocenters. The molecule has 8 heteroatoms. The van der Waals surface area contributed by atoms with Gasteiger partial charge in [0, 0.05) is 6.54 Å². The van der Waals surface area contributed by atoms with Crippen molar-refractivity contribution < 1.29 is 13.2 Å². The molecule has 0 aliphatic rings. The van der Waals surface area contributed by atoms with Gasteiger partial charge >= 0.3 is 0 Å². The van der Waals surface area contributed by atoms with E-state index in [0.717, 1.165) is 21.7 Å². The minimum Gasteiger partial charge on any atom is -0.350 e. The fourth-order valence-corrected chi connectivity index (χ4v) is 4.31. The van der Waals surface area contributed by atoms with Crippen molar-refractivity contribution in [1.82, 2.24) is 5.32 Å². The molecule has 0 saturated carbocycles. The van der Waals surface area contributed by atoms with Gasteiger partial charge in [-0.05, 0) is 37.1 Å². The number of rotatable bonds is 7. The van der Waals surface area contributed by atoms with Gasteiger partial charge in [-0.25, -0.2) is 8.42 Å². The van der Waals surface area contributed by atoms with Crippen molar-refractivity contribution in [1.29, 1.82) is 0 Å². The molecule has 1 N–H and O–H groups in total. The third kappa shape index (κ3) is 5.61. The van der Waals surface area contributed by atoms with E-state index in [1.807, 2.05) is 31.2 Å². The van der Waals surface area contributed by atoms with E-state index >= 15 is 0 Å². The highest BCUT2D eigenvalue weighted by molar-refractivity contribution is 7.92. The van der Waals surface area contributed by atoms with E-state index in [4.69, 9.17) is 23.2 Å². The Labute approximate surface area is 170 Å². The molecule has 0 heterocycles. The Morgan fingerprint density at radius 1 is 1.15 bits per heavy atom. The summed E-state index contributed by atoms with van der Waals surface area (Å²) < 4.78 is 25.9. The summed E-state index contributed by atoms with van der Waals surface area (Å²) in [5.74, 6) is -0.379. The van der Waals surface area contributed by atoms with E-state index in [2.05, 4.69) is 5.32 Å². The van der Waals surface area contributed by atoms with E-state index < -0.39 is 16.1 Å². The van der Waals surface area contributed by atoms with Crippen molar-refractivity contribution in [2.24, 2.45) is 0 Å². The molecule has 0 spiro atoms. The molecular weight excluding hydrogens is 407 g/mol. The fourth-order valence-electron chi connectivity index (χ4n) is 2.81. The molecule has 0 saturated heterocycles. The van der Waals surface area contributed by atoms with E-state index in [1.165, 1.54) is 18.2 Å². The maximum Gasteiger partial charge on any atom is 0.244 e. The number of carbonyl (C=O) groups excluding carboxylic acids is 1. The first-order valence-electron chi connectivity index (χ1n) is 8.41. The average Bonchev–Trinajstić information content (AvgIpc) is 2.59. The summed E-state index contributed by atoms with van der Waals surface area (Å²) in [6, 6.07) is 11.3. The Bertz CT molecular complexity index is 932. The zero-order chi connectivity index (χ0) is 20.2. The van der Waals surface area contributed by atoms with Crippen LogP contribution in [0.1, 0.15) is 24.5 Å². The van der Waals surface area contributed by atoms with Crippen molar-refractivity contribution in [2.45, 2.75) is 32.9 Å². The topological polar surface area (TPSA) is 66.5 Å². The molecule has 2 aromatic rings. The van der Waals surface area contributed by atoms with Gasteiger partial charge in [-0.1, -0.05) is 60.0 Å². The molecule has 27 heavy (non-hydrogen) atoms. The Hall–Kier alpha value is -1.76. The summed E-state index contributed by atoms with van der Waals surface area (Å²) in [7, 11) is -3.72. The molecule has 0 aliphatic heterocycles. The number of amides is 1. The van der Waals surface area contributed by atoms with E-state index in [9.17, 15) is 13.2 Å². The summed E-state index contributed by atoms with van der Waals surface area (Å²) in [6.45, 7) is 4.04. The molecule has 2 rings (SSSR count). The minimum atomic E-state index is -3.72. The fraction of sp³-hybridized carbons (Fsp3) is 0.316. The molecule has 0 bridgehead atoms. The number of hydrogen-bond acceptors (Lipinski definition) is 3. The minimum absolute atomic E-state index is 0.220.